The second-order valence-corrected chi connectivity index (χ2v) is 7.01. The van der Waals surface area contributed by atoms with Crippen molar-refractivity contribution in [2.45, 2.75) is 32.2 Å². The van der Waals surface area contributed by atoms with Gasteiger partial charge in [-0.05, 0) is 43.4 Å². The molecule has 2 unspecified atom stereocenters. The number of aryl methyl sites for hydroxylation is 1. The largest absolute Gasteiger partial charge is 0.335 e. The fourth-order valence-corrected chi connectivity index (χ4v) is 4.18. The summed E-state index contributed by atoms with van der Waals surface area (Å²) in [7, 11) is 0. The van der Waals surface area contributed by atoms with Gasteiger partial charge in [-0.25, -0.2) is 0 Å². The Bertz CT molecular complexity index is 487. The summed E-state index contributed by atoms with van der Waals surface area (Å²) in [6.07, 6.45) is 3.99. The molecule has 1 aromatic carbocycles. The molecular formula is C14H17BrN2S. The van der Waals surface area contributed by atoms with Crippen LogP contribution in [0, 0.1) is 12.8 Å². The molecule has 1 aromatic rings. The molecule has 1 N–H and O–H groups in total. The Labute approximate surface area is 121 Å². The minimum absolute atomic E-state index is 0.571. The van der Waals surface area contributed by atoms with E-state index in [1.807, 2.05) is 11.8 Å². The molecule has 0 radical (unpaired) electrons. The Morgan fingerprint density at radius 3 is 3.17 bits per heavy atom. The number of halogens is 1. The van der Waals surface area contributed by atoms with Gasteiger partial charge in [-0.15, -0.1) is 0 Å². The molecule has 1 heterocycles. The lowest BCUT2D eigenvalue weighted by molar-refractivity contribution is 0.535. The third-order valence-electron chi connectivity index (χ3n) is 3.78. The van der Waals surface area contributed by atoms with Crippen molar-refractivity contribution < 1.29 is 0 Å². The molecule has 0 saturated heterocycles. The molecule has 0 amide bonds. The van der Waals surface area contributed by atoms with Gasteiger partial charge in [-0.2, -0.15) is 0 Å². The van der Waals surface area contributed by atoms with Gasteiger partial charge in [0.1, 0.15) is 0 Å². The second kappa shape index (κ2) is 5.25. The quantitative estimate of drug-likeness (QED) is 0.825. The predicted molar refractivity (Wildman–Crippen MR) is 83.5 cm³/mol. The number of nitrogens with one attached hydrogen (secondary N) is 1. The molecule has 96 valence electrons. The van der Waals surface area contributed by atoms with Gasteiger partial charge in [0.2, 0.25) is 0 Å². The lowest BCUT2D eigenvalue weighted by Gasteiger charge is -2.24. The van der Waals surface area contributed by atoms with E-state index in [4.69, 9.17) is 4.99 Å². The topological polar surface area (TPSA) is 24.4 Å². The molecule has 1 saturated carbocycles. The van der Waals surface area contributed by atoms with Crippen molar-refractivity contribution in [1.82, 2.24) is 0 Å². The van der Waals surface area contributed by atoms with Crippen LogP contribution in [0.3, 0.4) is 0 Å². The van der Waals surface area contributed by atoms with Gasteiger partial charge in [0, 0.05) is 15.9 Å². The Kier molecular flexibility index (Phi) is 3.66. The highest BCUT2D eigenvalue weighted by Crippen LogP contribution is 2.36. The van der Waals surface area contributed by atoms with E-state index in [-0.39, 0.29) is 0 Å². The number of rotatable bonds is 1. The number of anilines is 1. The summed E-state index contributed by atoms with van der Waals surface area (Å²) >= 11 is 5.39. The zero-order chi connectivity index (χ0) is 12.5. The molecule has 3 rings (SSSR count). The highest BCUT2D eigenvalue weighted by Gasteiger charge is 2.30. The van der Waals surface area contributed by atoms with E-state index < -0.39 is 0 Å². The third-order valence-corrected chi connectivity index (χ3v) is 5.35. The lowest BCUT2D eigenvalue weighted by Crippen LogP contribution is -2.25. The van der Waals surface area contributed by atoms with Gasteiger partial charge in [0.05, 0.1) is 6.04 Å². The van der Waals surface area contributed by atoms with Crippen LogP contribution in [0.5, 0.6) is 0 Å². The highest BCUT2D eigenvalue weighted by molar-refractivity contribution is 9.10. The van der Waals surface area contributed by atoms with E-state index in [9.17, 15) is 0 Å². The molecule has 1 fully saturated rings. The summed E-state index contributed by atoms with van der Waals surface area (Å²) in [6, 6.07) is 6.89. The molecule has 1 aliphatic carbocycles. The zero-order valence-electron chi connectivity index (χ0n) is 10.4. The first-order valence-electron chi connectivity index (χ1n) is 6.46. The molecule has 0 bridgehead atoms. The third kappa shape index (κ3) is 2.59. The molecule has 18 heavy (non-hydrogen) atoms. The fourth-order valence-electron chi connectivity index (χ4n) is 2.67. The van der Waals surface area contributed by atoms with Crippen LogP contribution in [0.15, 0.2) is 27.7 Å². The number of hydrogen-bond acceptors (Lipinski definition) is 3. The average molecular weight is 325 g/mol. The summed E-state index contributed by atoms with van der Waals surface area (Å²) in [5.74, 6) is 2.05. The summed E-state index contributed by atoms with van der Waals surface area (Å²) in [4.78, 5) is 4.86. The maximum Gasteiger partial charge on any atom is 0.161 e. The maximum absolute atomic E-state index is 4.86. The first-order chi connectivity index (χ1) is 8.72. The molecule has 0 spiro atoms. The number of benzene rings is 1. The van der Waals surface area contributed by atoms with Crippen LogP contribution in [0.2, 0.25) is 0 Å². The van der Waals surface area contributed by atoms with Gasteiger partial charge in [-0.3, -0.25) is 4.99 Å². The van der Waals surface area contributed by atoms with E-state index in [1.165, 1.54) is 30.6 Å². The van der Waals surface area contributed by atoms with E-state index in [2.05, 4.69) is 46.4 Å². The van der Waals surface area contributed by atoms with Crippen LogP contribution in [0.1, 0.15) is 24.8 Å². The van der Waals surface area contributed by atoms with Crippen LogP contribution in [0.4, 0.5) is 5.69 Å². The minimum atomic E-state index is 0.571. The van der Waals surface area contributed by atoms with E-state index in [0.717, 1.165) is 21.2 Å². The number of fused-ring (bicyclic) bond motifs is 1. The molecule has 2 atom stereocenters. The Balaban J connectivity index is 1.78. The van der Waals surface area contributed by atoms with Crippen LogP contribution in [-0.2, 0) is 0 Å². The standard InChI is InChI=1S/C14H17BrN2S/c1-9-5-6-11(15)7-13(9)17-14-16-12-4-2-3-10(12)8-18-14/h5-7,10,12H,2-4,8H2,1H3,(H,16,17). The number of hydrogen-bond donors (Lipinski definition) is 1. The predicted octanol–water partition coefficient (Wildman–Crippen LogP) is 4.44. The molecule has 2 aliphatic rings. The van der Waals surface area contributed by atoms with Crippen molar-refractivity contribution in [1.29, 1.82) is 0 Å². The van der Waals surface area contributed by atoms with Gasteiger partial charge in [0.15, 0.2) is 5.17 Å². The number of aliphatic imine (C=N–C) groups is 1. The van der Waals surface area contributed by atoms with Crippen molar-refractivity contribution in [3.05, 3.63) is 28.2 Å². The van der Waals surface area contributed by atoms with Crippen molar-refractivity contribution in [3.8, 4) is 0 Å². The SMILES string of the molecule is Cc1ccc(Br)cc1NC1=NC2CCCC2CS1. The molecule has 1 aliphatic heterocycles. The molecule has 4 heteroatoms. The maximum atomic E-state index is 4.86. The minimum Gasteiger partial charge on any atom is -0.335 e. The van der Waals surface area contributed by atoms with Gasteiger partial charge in [-0.1, -0.05) is 40.2 Å². The van der Waals surface area contributed by atoms with Gasteiger partial charge >= 0.3 is 0 Å². The average Bonchev–Trinajstić information content (AvgIpc) is 2.81. The summed E-state index contributed by atoms with van der Waals surface area (Å²) < 4.78 is 1.11. The monoisotopic (exact) mass is 324 g/mol. The Morgan fingerprint density at radius 1 is 1.39 bits per heavy atom. The Hall–Kier alpha value is -0.480. The van der Waals surface area contributed by atoms with Crippen LogP contribution < -0.4 is 5.32 Å². The second-order valence-electron chi connectivity index (χ2n) is 5.09. The number of thioether (sulfide) groups is 1. The first kappa shape index (κ1) is 12.5. The number of amidine groups is 1. The van der Waals surface area contributed by atoms with E-state index in [0.29, 0.717) is 6.04 Å². The van der Waals surface area contributed by atoms with Crippen molar-refractivity contribution in [2.75, 3.05) is 11.1 Å². The van der Waals surface area contributed by atoms with Crippen LogP contribution in [-0.4, -0.2) is 17.0 Å². The van der Waals surface area contributed by atoms with E-state index in [1.54, 1.807) is 0 Å². The van der Waals surface area contributed by atoms with Crippen molar-refractivity contribution in [3.63, 3.8) is 0 Å². The normalized spacial score (nSPS) is 26.7. The summed E-state index contributed by atoms with van der Waals surface area (Å²) in [6.45, 7) is 2.13. The smallest absolute Gasteiger partial charge is 0.161 e. The molecule has 0 aromatic heterocycles. The lowest BCUT2D eigenvalue weighted by atomic mass is 10.1. The molecular weight excluding hydrogens is 308 g/mol. The highest BCUT2D eigenvalue weighted by atomic mass is 79.9. The zero-order valence-corrected chi connectivity index (χ0v) is 12.9. The first-order valence-corrected chi connectivity index (χ1v) is 8.24. The number of nitrogens with zero attached hydrogens (tertiary/aromatic N) is 1. The summed E-state index contributed by atoms with van der Waals surface area (Å²) in [5, 5.41) is 4.58. The van der Waals surface area contributed by atoms with Crippen molar-refractivity contribution >= 4 is 38.5 Å². The molecule has 2 nitrogen and oxygen atoms in total. The van der Waals surface area contributed by atoms with Gasteiger partial charge < -0.3 is 5.32 Å². The Morgan fingerprint density at radius 2 is 2.28 bits per heavy atom. The van der Waals surface area contributed by atoms with Gasteiger partial charge in [0.25, 0.3) is 0 Å². The fraction of sp³-hybridized carbons (Fsp3) is 0.500. The van der Waals surface area contributed by atoms with Crippen LogP contribution in [0.25, 0.3) is 0 Å². The summed E-state index contributed by atoms with van der Waals surface area (Å²) in [5.41, 5.74) is 2.42. The van der Waals surface area contributed by atoms with Crippen molar-refractivity contribution in [2.24, 2.45) is 10.9 Å². The van der Waals surface area contributed by atoms with E-state index >= 15 is 0 Å². The van der Waals surface area contributed by atoms with Crippen LogP contribution >= 0.6 is 27.7 Å².